The molecule has 3 rings (SSSR count). The van der Waals surface area contributed by atoms with Gasteiger partial charge in [0.05, 0.1) is 17.6 Å². The lowest BCUT2D eigenvalue weighted by Gasteiger charge is -2.15. The lowest BCUT2D eigenvalue weighted by Crippen LogP contribution is -2.04. The molecule has 0 saturated carbocycles. The standard InChI is InChI=1S/C22H22IN3O2/c1-4-17-6-5-7-20(26-17)14(2)8-22(27)21-11-18(9-15(3)25-21)28-19-10-16(23)12-24-13-19/h5-7,9-13,22,27H,2,4,8H2,1,3H3. The van der Waals surface area contributed by atoms with E-state index in [4.69, 9.17) is 4.74 Å². The second kappa shape index (κ2) is 9.25. The molecule has 3 aromatic heterocycles. The third kappa shape index (κ3) is 5.36. The van der Waals surface area contributed by atoms with Gasteiger partial charge in [0.15, 0.2) is 0 Å². The first-order valence-electron chi connectivity index (χ1n) is 9.03. The van der Waals surface area contributed by atoms with Crippen LogP contribution in [0.15, 0.2) is 55.4 Å². The Hall–Kier alpha value is -2.32. The molecule has 6 heteroatoms. The molecule has 0 bridgehead atoms. The highest BCUT2D eigenvalue weighted by Gasteiger charge is 2.15. The van der Waals surface area contributed by atoms with Gasteiger partial charge < -0.3 is 9.84 Å². The van der Waals surface area contributed by atoms with E-state index in [0.29, 0.717) is 23.6 Å². The first-order valence-corrected chi connectivity index (χ1v) is 10.1. The summed E-state index contributed by atoms with van der Waals surface area (Å²) in [5, 5.41) is 10.7. The molecule has 0 saturated heterocycles. The van der Waals surface area contributed by atoms with Gasteiger partial charge in [-0.25, -0.2) is 0 Å². The van der Waals surface area contributed by atoms with Crippen molar-refractivity contribution in [3.8, 4) is 11.5 Å². The van der Waals surface area contributed by atoms with E-state index in [-0.39, 0.29) is 0 Å². The SMILES string of the molecule is C=C(CC(O)c1cc(Oc2cncc(I)c2)cc(C)n1)c1cccc(CC)n1. The molecule has 0 aromatic carbocycles. The average Bonchev–Trinajstić information content (AvgIpc) is 2.67. The van der Waals surface area contributed by atoms with Crippen LogP contribution in [0.1, 0.15) is 42.2 Å². The van der Waals surface area contributed by atoms with E-state index in [1.54, 1.807) is 18.5 Å². The molecule has 0 fully saturated rings. The summed E-state index contributed by atoms with van der Waals surface area (Å²) in [6.07, 6.45) is 3.82. The summed E-state index contributed by atoms with van der Waals surface area (Å²) in [5.41, 5.74) is 3.88. The normalized spacial score (nSPS) is 11.9. The van der Waals surface area contributed by atoms with E-state index in [1.165, 1.54) is 0 Å². The van der Waals surface area contributed by atoms with Gasteiger partial charge in [-0.2, -0.15) is 0 Å². The molecular weight excluding hydrogens is 465 g/mol. The van der Waals surface area contributed by atoms with Crippen molar-refractivity contribution < 1.29 is 9.84 Å². The molecule has 3 heterocycles. The van der Waals surface area contributed by atoms with Gasteiger partial charge in [-0.3, -0.25) is 15.0 Å². The molecule has 0 spiro atoms. The van der Waals surface area contributed by atoms with Gasteiger partial charge in [0.2, 0.25) is 0 Å². The van der Waals surface area contributed by atoms with Gasteiger partial charge in [-0.15, -0.1) is 0 Å². The molecule has 5 nitrogen and oxygen atoms in total. The Morgan fingerprint density at radius 3 is 2.75 bits per heavy atom. The minimum absolute atomic E-state index is 0.348. The van der Waals surface area contributed by atoms with Gasteiger partial charge in [-0.1, -0.05) is 19.6 Å². The number of aliphatic hydroxyl groups is 1. The van der Waals surface area contributed by atoms with Crippen LogP contribution in [0, 0.1) is 10.5 Å². The van der Waals surface area contributed by atoms with Crippen molar-refractivity contribution in [2.75, 3.05) is 0 Å². The lowest BCUT2D eigenvalue weighted by atomic mass is 10.0. The molecule has 3 aromatic rings. The monoisotopic (exact) mass is 487 g/mol. The second-order valence-corrected chi connectivity index (χ2v) is 7.75. The van der Waals surface area contributed by atoms with E-state index < -0.39 is 6.10 Å². The van der Waals surface area contributed by atoms with E-state index in [2.05, 4.69) is 51.0 Å². The van der Waals surface area contributed by atoms with Crippen molar-refractivity contribution in [1.82, 2.24) is 15.0 Å². The predicted molar refractivity (Wildman–Crippen MR) is 118 cm³/mol. The number of hydrogen-bond donors (Lipinski definition) is 1. The third-order valence-corrected chi connectivity index (χ3v) is 4.76. The topological polar surface area (TPSA) is 68.1 Å². The number of halogens is 1. The molecule has 144 valence electrons. The molecule has 0 aliphatic heterocycles. The molecular formula is C22H22IN3O2. The Labute approximate surface area is 178 Å². The number of rotatable bonds is 7. The Balaban J connectivity index is 1.76. The zero-order valence-corrected chi connectivity index (χ0v) is 18.1. The summed E-state index contributed by atoms with van der Waals surface area (Å²) in [5.74, 6) is 1.25. The molecule has 0 amide bonds. The minimum atomic E-state index is -0.795. The summed E-state index contributed by atoms with van der Waals surface area (Å²) in [4.78, 5) is 13.2. The van der Waals surface area contributed by atoms with Crippen molar-refractivity contribution in [3.63, 3.8) is 0 Å². The maximum Gasteiger partial charge on any atom is 0.146 e. The number of nitrogens with zero attached hydrogens (tertiary/aromatic N) is 3. The fourth-order valence-electron chi connectivity index (χ4n) is 2.79. The van der Waals surface area contributed by atoms with E-state index >= 15 is 0 Å². The highest BCUT2D eigenvalue weighted by molar-refractivity contribution is 14.1. The van der Waals surface area contributed by atoms with Crippen LogP contribution < -0.4 is 4.74 Å². The minimum Gasteiger partial charge on any atom is -0.456 e. The van der Waals surface area contributed by atoms with Crippen LogP contribution in [0.25, 0.3) is 5.57 Å². The van der Waals surface area contributed by atoms with Crippen LogP contribution in [0.2, 0.25) is 0 Å². The second-order valence-electron chi connectivity index (χ2n) is 6.50. The summed E-state index contributed by atoms with van der Waals surface area (Å²) >= 11 is 2.19. The van der Waals surface area contributed by atoms with Crippen molar-refractivity contribution in [1.29, 1.82) is 0 Å². The van der Waals surface area contributed by atoms with Gasteiger partial charge in [-0.05, 0) is 59.7 Å². The Bertz CT molecular complexity index is 991. The average molecular weight is 487 g/mol. The van der Waals surface area contributed by atoms with Crippen LogP contribution in [-0.2, 0) is 6.42 Å². The highest BCUT2D eigenvalue weighted by Crippen LogP contribution is 2.29. The molecule has 1 unspecified atom stereocenters. The highest BCUT2D eigenvalue weighted by atomic mass is 127. The first-order chi connectivity index (χ1) is 13.4. The van der Waals surface area contributed by atoms with Crippen molar-refractivity contribution >= 4 is 28.2 Å². The molecule has 1 N–H and O–H groups in total. The number of hydrogen-bond acceptors (Lipinski definition) is 5. The van der Waals surface area contributed by atoms with Crippen LogP contribution >= 0.6 is 22.6 Å². The van der Waals surface area contributed by atoms with Crippen molar-refractivity contribution in [2.24, 2.45) is 0 Å². The molecule has 0 aliphatic rings. The van der Waals surface area contributed by atoms with Gasteiger partial charge >= 0.3 is 0 Å². The number of aromatic nitrogens is 3. The Morgan fingerprint density at radius 1 is 1.18 bits per heavy atom. The lowest BCUT2D eigenvalue weighted by molar-refractivity contribution is 0.178. The van der Waals surface area contributed by atoms with Crippen LogP contribution in [0.5, 0.6) is 11.5 Å². The van der Waals surface area contributed by atoms with Crippen LogP contribution in [0.3, 0.4) is 0 Å². The van der Waals surface area contributed by atoms with Crippen LogP contribution in [0.4, 0.5) is 0 Å². The number of aliphatic hydroxyl groups excluding tert-OH is 1. The van der Waals surface area contributed by atoms with Crippen molar-refractivity contribution in [3.05, 3.63) is 81.7 Å². The number of aryl methyl sites for hydroxylation is 2. The molecule has 1 atom stereocenters. The zero-order valence-electron chi connectivity index (χ0n) is 15.9. The molecule has 28 heavy (non-hydrogen) atoms. The Kier molecular flexibility index (Phi) is 6.74. The third-order valence-electron chi connectivity index (χ3n) is 4.17. The zero-order chi connectivity index (χ0) is 20.1. The fourth-order valence-corrected chi connectivity index (χ4v) is 3.26. The maximum atomic E-state index is 10.7. The van der Waals surface area contributed by atoms with E-state index in [1.807, 2.05) is 37.3 Å². The van der Waals surface area contributed by atoms with Gasteiger partial charge in [0, 0.05) is 39.7 Å². The first kappa shape index (κ1) is 20.4. The Morgan fingerprint density at radius 2 is 2.00 bits per heavy atom. The predicted octanol–water partition coefficient (Wildman–Crippen LogP) is 5.28. The van der Waals surface area contributed by atoms with Crippen molar-refractivity contribution in [2.45, 2.75) is 32.8 Å². The summed E-state index contributed by atoms with van der Waals surface area (Å²) in [7, 11) is 0. The van der Waals surface area contributed by atoms with E-state index in [0.717, 1.165) is 32.6 Å². The van der Waals surface area contributed by atoms with Gasteiger partial charge in [0.1, 0.15) is 17.6 Å². The summed E-state index contributed by atoms with van der Waals surface area (Å²) in [6, 6.07) is 11.3. The number of ether oxygens (including phenoxy) is 1. The smallest absolute Gasteiger partial charge is 0.146 e. The summed E-state index contributed by atoms with van der Waals surface area (Å²) < 4.78 is 6.88. The fraction of sp³-hybridized carbons (Fsp3) is 0.227. The summed E-state index contributed by atoms with van der Waals surface area (Å²) in [6.45, 7) is 8.03. The quantitative estimate of drug-likeness (QED) is 0.460. The molecule has 0 radical (unpaired) electrons. The van der Waals surface area contributed by atoms with E-state index in [9.17, 15) is 5.11 Å². The number of pyridine rings is 3. The largest absolute Gasteiger partial charge is 0.456 e. The van der Waals surface area contributed by atoms with Gasteiger partial charge in [0.25, 0.3) is 0 Å². The molecule has 0 aliphatic carbocycles. The van der Waals surface area contributed by atoms with Crippen LogP contribution in [-0.4, -0.2) is 20.1 Å². The maximum absolute atomic E-state index is 10.7.